The summed E-state index contributed by atoms with van der Waals surface area (Å²) in [6.45, 7) is 1.49. The van der Waals surface area contributed by atoms with Crippen LogP contribution in [0, 0.1) is 6.92 Å². The molecule has 0 heterocycles. The number of anilines is 1. The van der Waals surface area contributed by atoms with Gasteiger partial charge in [0.05, 0.1) is 18.4 Å². The number of ether oxygens (including phenoxy) is 1. The molecule has 31 heavy (non-hydrogen) atoms. The van der Waals surface area contributed by atoms with Crippen molar-refractivity contribution < 1.29 is 22.7 Å². The fraction of sp³-hybridized carbons (Fsp3) is 0.130. The molecule has 0 saturated carbocycles. The number of thiocarbonyl (C=S) groups is 1. The molecule has 0 aromatic heterocycles. The molecule has 3 rings (SSSR count). The number of methoxy groups -OCH3 is 1. The van der Waals surface area contributed by atoms with Crippen molar-refractivity contribution in [1.82, 2.24) is 5.32 Å². The minimum Gasteiger partial charge on any atom is -0.495 e. The Morgan fingerprint density at radius 2 is 1.68 bits per heavy atom. The zero-order chi connectivity index (χ0) is 22.6. The fourth-order valence-electron chi connectivity index (χ4n) is 3.02. The molecule has 160 valence electrons. The molecule has 0 aliphatic rings. The molecular formula is C23H19F3N2O2S. The SMILES string of the molecule is COc1ccc(-c2ccccc2)cc1NC(=S)NC(=O)c1cc(C)cc(C(F)(F)F)c1. The molecule has 4 nitrogen and oxygen atoms in total. The van der Waals surface area contributed by atoms with Gasteiger partial charge in [-0.2, -0.15) is 13.2 Å². The highest BCUT2D eigenvalue weighted by Gasteiger charge is 2.31. The van der Waals surface area contributed by atoms with Gasteiger partial charge in [-0.1, -0.05) is 36.4 Å². The molecule has 0 unspecified atom stereocenters. The van der Waals surface area contributed by atoms with E-state index in [4.69, 9.17) is 17.0 Å². The summed E-state index contributed by atoms with van der Waals surface area (Å²) in [4.78, 5) is 12.5. The van der Waals surface area contributed by atoms with Crippen LogP contribution in [0.1, 0.15) is 21.5 Å². The molecule has 0 radical (unpaired) electrons. The zero-order valence-corrected chi connectivity index (χ0v) is 17.5. The molecule has 0 atom stereocenters. The molecule has 0 aliphatic carbocycles. The smallest absolute Gasteiger partial charge is 0.416 e. The number of carbonyl (C=O) groups excluding carboxylic acids is 1. The van der Waals surface area contributed by atoms with Crippen molar-refractivity contribution in [3.05, 3.63) is 83.4 Å². The molecule has 0 bridgehead atoms. The Morgan fingerprint density at radius 3 is 2.32 bits per heavy atom. The average Bonchev–Trinajstić information content (AvgIpc) is 2.73. The standard InChI is InChI=1S/C23H19F3N2O2S/c1-14-10-17(12-18(11-14)23(24,25)26)21(29)28-22(31)27-19-13-16(8-9-20(19)30-2)15-6-4-3-5-7-15/h3-13H,1-2H3,(H2,27,28,29,31). The maximum absolute atomic E-state index is 13.0. The maximum atomic E-state index is 13.0. The lowest BCUT2D eigenvalue weighted by Gasteiger charge is -2.15. The number of rotatable bonds is 4. The van der Waals surface area contributed by atoms with E-state index in [1.165, 1.54) is 20.1 Å². The van der Waals surface area contributed by atoms with Crippen LogP contribution in [0.4, 0.5) is 18.9 Å². The quantitative estimate of drug-likeness (QED) is 0.498. The number of amides is 1. The van der Waals surface area contributed by atoms with Crippen molar-refractivity contribution in [2.24, 2.45) is 0 Å². The first kappa shape index (κ1) is 22.3. The van der Waals surface area contributed by atoms with E-state index in [0.29, 0.717) is 17.0 Å². The predicted molar refractivity (Wildman–Crippen MR) is 118 cm³/mol. The monoisotopic (exact) mass is 444 g/mol. The lowest BCUT2D eigenvalue weighted by molar-refractivity contribution is -0.137. The lowest BCUT2D eigenvalue weighted by atomic mass is 10.0. The summed E-state index contributed by atoms with van der Waals surface area (Å²) in [5, 5.41) is 5.24. The molecular weight excluding hydrogens is 425 g/mol. The molecule has 8 heteroatoms. The van der Waals surface area contributed by atoms with E-state index in [1.807, 2.05) is 36.4 Å². The Morgan fingerprint density at radius 1 is 0.968 bits per heavy atom. The van der Waals surface area contributed by atoms with Crippen molar-refractivity contribution in [1.29, 1.82) is 0 Å². The number of alkyl halides is 3. The van der Waals surface area contributed by atoms with Crippen molar-refractivity contribution in [3.63, 3.8) is 0 Å². The van der Waals surface area contributed by atoms with Crippen LogP contribution < -0.4 is 15.4 Å². The van der Waals surface area contributed by atoms with E-state index in [-0.39, 0.29) is 10.7 Å². The normalized spacial score (nSPS) is 11.0. The Kier molecular flexibility index (Phi) is 6.60. The zero-order valence-electron chi connectivity index (χ0n) is 16.7. The minimum absolute atomic E-state index is 0.0661. The average molecular weight is 444 g/mol. The van der Waals surface area contributed by atoms with Crippen LogP contribution in [-0.4, -0.2) is 18.1 Å². The third-order valence-electron chi connectivity index (χ3n) is 4.45. The minimum atomic E-state index is -4.55. The Labute approximate surface area is 183 Å². The summed E-state index contributed by atoms with van der Waals surface area (Å²) in [6.07, 6.45) is -4.55. The first-order valence-electron chi connectivity index (χ1n) is 9.22. The van der Waals surface area contributed by atoms with E-state index in [2.05, 4.69) is 10.6 Å². The summed E-state index contributed by atoms with van der Waals surface area (Å²) in [7, 11) is 1.50. The van der Waals surface area contributed by atoms with Crippen molar-refractivity contribution >= 4 is 28.9 Å². The van der Waals surface area contributed by atoms with Gasteiger partial charge in [0.15, 0.2) is 5.11 Å². The van der Waals surface area contributed by atoms with Crippen molar-refractivity contribution in [2.75, 3.05) is 12.4 Å². The highest BCUT2D eigenvalue weighted by molar-refractivity contribution is 7.80. The Balaban J connectivity index is 1.79. The van der Waals surface area contributed by atoms with Gasteiger partial charge in [-0.15, -0.1) is 0 Å². The van der Waals surface area contributed by atoms with Gasteiger partial charge in [-0.05, 0) is 66.2 Å². The van der Waals surface area contributed by atoms with Crippen LogP contribution in [0.2, 0.25) is 0 Å². The van der Waals surface area contributed by atoms with E-state index in [0.717, 1.165) is 23.3 Å². The van der Waals surface area contributed by atoms with E-state index >= 15 is 0 Å². The molecule has 3 aromatic rings. The van der Waals surface area contributed by atoms with Crippen LogP contribution in [0.3, 0.4) is 0 Å². The second-order valence-corrected chi connectivity index (χ2v) is 7.18. The molecule has 0 spiro atoms. The van der Waals surface area contributed by atoms with Crippen molar-refractivity contribution in [3.8, 4) is 16.9 Å². The number of aryl methyl sites for hydroxylation is 1. The van der Waals surface area contributed by atoms with Gasteiger partial charge in [0, 0.05) is 5.56 Å². The van der Waals surface area contributed by atoms with E-state index in [9.17, 15) is 18.0 Å². The number of hydrogen-bond donors (Lipinski definition) is 2. The topological polar surface area (TPSA) is 50.4 Å². The van der Waals surface area contributed by atoms with Crippen LogP contribution in [0.25, 0.3) is 11.1 Å². The first-order chi connectivity index (χ1) is 14.7. The number of halogens is 3. The molecule has 0 aliphatic heterocycles. The van der Waals surface area contributed by atoms with Gasteiger partial charge in [0.1, 0.15) is 5.75 Å². The first-order valence-corrected chi connectivity index (χ1v) is 9.63. The van der Waals surface area contributed by atoms with Gasteiger partial charge in [-0.25, -0.2) is 0 Å². The third kappa shape index (κ3) is 5.61. The fourth-order valence-corrected chi connectivity index (χ4v) is 3.23. The lowest BCUT2D eigenvalue weighted by Crippen LogP contribution is -2.34. The number of carbonyl (C=O) groups is 1. The number of hydrogen-bond acceptors (Lipinski definition) is 3. The van der Waals surface area contributed by atoms with Crippen LogP contribution in [0.15, 0.2) is 66.7 Å². The van der Waals surface area contributed by atoms with Gasteiger partial charge < -0.3 is 10.1 Å². The molecule has 3 aromatic carbocycles. The van der Waals surface area contributed by atoms with E-state index in [1.54, 1.807) is 12.1 Å². The third-order valence-corrected chi connectivity index (χ3v) is 4.65. The maximum Gasteiger partial charge on any atom is 0.416 e. The van der Waals surface area contributed by atoms with Gasteiger partial charge in [0.25, 0.3) is 5.91 Å². The Hall–Kier alpha value is -3.39. The van der Waals surface area contributed by atoms with Gasteiger partial charge >= 0.3 is 6.18 Å². The second kappa shape index (κ2) is 9.18. The highest BCUT2D eigenvalue weighted by atomic mass is 32.1. The summed E-state index contributed by atoms with van der Waals surface area (Å²) >= 11 is 5.20. The number of benzene rings is 3. The molecule has 2 N–H and O–H groups in total. The number of nitrogens with one attached hydrogen (secondary N) is 2. The van der Waals surface area contributed by atoms with Crippen LogP contribution in [0.5, 0.6) is 5.75 Å². The molecule has 0 fully saturated rings. The van der Waals surface area contributed by atoms with E-state index < -0.39 is 17.6 Å². The summed E-state index contributed by atoms with van der Waals surface area (Å²) in [6, 6.07) is 18.2. The van der Waals surface area contributed by atoms with Crippen LogP contribution in [-0.2, 0) is 6.18 Å². The van der Waals surface area contributed by atoms with Gasteiger partial charge in [-0.3, -0.25) is 10.1 Å². The predicted octanol–water partition coefficient (Wildman–Crippen LogP) is 5.82. The Bertz CT molecular complexity index is 1120. The largest absolute Gasteiger partial charge is 0.495 e. The van der Waals surface area contributed by atoms with Crippen molar-refractivity contribution in [2.45, 2.75) is 13.1 Å². The van der Waals surface area contributed by atoms with Gasteiger partial charge in [0.2, 0.25) is 0 Å². The summed E-state index contributed by atoms with van der Waals surface area (Å²) < 4.78 is 44.5. The highest BCUT2D eigenvalue weighted by Crippen LogP contribution is 2.31. The summed E-state index contributed by atoms with van der Waals surface area (Å²) in [5.41, 5.74) is 1.66. The molecule has 0 saturated heterocycles. The summed E-state index contributed by atoms with van der Waals surface area (Å²) in [5.74, 6) is -0.254. The van der Waals surface area contributed by atoms with Crippen LogP contribution >= 0.6 is 12.2 Å². The molecule has 1 amide bonds. The second-order valence-electron chi connectivity index (χ2n) is 6.77.